The summed E-state index contributed by atoms with van der Waals surface area (Å²) in [5, 5.41) is 2.66. The molecule has 0 spiro atoms. The van der Waals surface area contributed by atoms with Crippen molar-refractivity contribution in [2.45, 2.75) is 49.4 Å². The Morgan fingerprint density at radius 1 is 1.33 bits per heavy atom. The van der Waals surface area contributed by atoms with Gasteiger partial charge in [-0.05, 0) is 44.7 Å². The molecule has 1 aromatic carbocycles. The van der Waals surface area contributed by atoms with E-state index in [1.54, 1.807) is 12.1 Å². The van der Waals surface area contributed by atoms with Crippen LogP contribution in [0.5, 0.6) is 0 Å². The Labute approximate surface area is 130 Å². The molecule has 0 saturated carbocycles. The van der Waals surface area contributed by atoms with Crippen molar-refractivity contribution < 1.29 is 13.2 Å². The predicted molar refractivity (Wildman–Crippen MR) is 87.2 cm³/mol. The highest BCUT2D eigenvalue weighted by atomic mass is 32.2. The number of hydrogen-bond acceptors (Lipinski definition) is 4. The summed E-state index contributed by atoms with van der Waals surface area (Å²) in [6.07, 6.45) is 2.54. The van der Waals surface area contributed by atoms with Gasteiger partial charge in [0.25, 0.3) is 0 Å². The predicted octanol–water partition coefficient (Wildman–Crippen LogP) is 2.83. The zero-order chi connectivity index (χ0) is 16.3. The molecule has 1 aromatic rings. The molecule has 5 nitrogen and oxygen atoms in total. The first-order chi connectivity index (χ1) is 9.61. The fraction of sp³-hybridized carbons (Fsp3) is 0.500. The number of carbonyl (C=O) groups excluding carboxylic acids is 1. The van der Waals surface area contributed by atoms with Crippen molar-refractivity contribution >= 4 is 33.4 Å². The van der Waals surface area contributed by atoms with Crippen molar-refractivity contribution in [1.82, 2.24) is 4.72 Å². The summed E-state index contributed by atoms with van der Waals surface area (Å²) in [6.45, 7) is 6.97. The maximum Gasteiger partial charge on any atom is 0.241 e. The second-order valence-electron chi connectivity index (χ2n) is 5.39. The summed E-state index contributed by atoms with van der Waals surface area (Å²) in [6, 6.07) is 4.73. The van der Waals surface area contributed by atoms with Gasteiger partial charge in [-0.2, -0.15) is 0 Å². The van der Waals surface area contributed by atoms with Gasteiger partial charge in [0, 0.05) is 17.4 Å². The van der Waals surface area contributed by atoms with Crippen LogP contribution in [-0.4, -0.2) is 26.1 Å². The molecule has 0 radical (unpaired) electrons. The molecule has 21 heavy (non-hydrogen) atoms. The highest BCUT2D eigenvalue weighted by Crippen LogP contribution is 2.28. The average Bonchev–Trinajstić information content (AvgIpc) is 2.36. The van der Waals surface area contributed by atoms with Gasteiger partial charge < -0.3 is 5.32 Å². The number of benzene rings is 1. The van der Waals surface area contributed by atoms with Crippen LogP contribution in [0.2, 0.25) is 0 Å². The van der Waals surface area contributed by atoms with Gasteiger partial charge in [0.1, 0.15) is 0 Å². The van der Waals surface area contributed by atoms with E-state index < -0.39 is 15.6 Å². The summed E-state index contributed by atoms with van der Waals surface area (Å²) in [5.74, 6) is -0.235. The van der Waals surface area contributed by atoms with Gasteiger partial charge in [0.2, 0.25) is 15.9 Å². The van der Waals surface area contributed by atoms with Gasteiger partial charge in [-0.1, -0.05) is 6.92 Å². The molecule has 0 aromatic heterocycles. The van der Waals surface area contributed by atoms with Crippen LogP contribution >= 0.6 is 11.8 Å². The van der Waals surface area contributed by atoms with Crippen molar-refractivity contribution in [3.8, 4) is 0 Å². The molecule has 118 valence electrons. The summed E-state index contributed by atoms with van der Waals surface area (Å²) < 4.78 is 27.5. The molecule has 0 aliphatic carbocycles. The van der Waals surface area contributed by atoms with E-state index in [1.165, 1.54) is 24.8 Å². The Kier molecular flexibility index (Phi) is 5.83. The normalized spacial score (nSPS) is 12.2. The molecule has 0 heterocycles. The van der Waals surface area contributed by atoms with E-state index in [2.05, 4.69) is 10.0 Å². The fourth-order valence-electron chi connectivity index (χ4n) is 1.64. The molecule has 0 fully saturated rings. The van der Waals surface area contributed by atoms with Crippen LogP contribution in [0.1, 0.15) is 34.1 Å². The monoisotopic (exact) mass is 330 g/mol. The third-order valence-corrected chi connectivity index (χ3v) is 5.58. The van der Waals surface area contributed by atoms with E-state index >= 15 is 0 Å². The van der Waals surface area contributed by atoms with Crippen LogP contribution in [0.4, 0.5) is 5.69 Å². The Balaban J connectivity index is 3.22. The number of rotatable bonds is 6. The quantitative estimate of drug-likeness (QED) is 0.787. The van der Waals surface area contributed by atoms with Crippen molar-refractivity contribution in [2.75, 3.05) is 11.6 Å². The number of nitrogens with one attached hydrogen (secondary N) is 2. The van der Waals surface area contributed by atoms with Crippen molar-refractivity contribution in [1.29, 1.82) is 0 Å². The lowest BCUT2D eigenvalue weighted by molar-refractivity contribution is -0.114. The zero-order valence-electron chi connectivity index (χ0n) is 13.0. The molecule has 2 N–H and O–H groups in total. The molecule has 0 aliphatic heterocycles. The third-order valence-electron chi connectivity index (χ3n) is 3.09. The van der Waals surface area contributed by atoms with E-state index in [0.717, 1.165) is 4.90 Å². The molecular formula is C14H22N2O3S2. The summed E-state index contributed by atoms with van der Waals surface area (Å²) >= 11 is 1.44. The van der Waals surface area contributed by atoms with Crippen molar-refractivity contribution in [3.63, 3.8) is 0 Å². The van der Waals surface area contributed by atoms with Gasteiger partial charge in [0.15, 0.2) is 0 Å². The Hall–Kier alpha value is -1.05. The first-order valence-corrected chi connectivity index (χ1v) is 9.31. The molecular weight excluding hydrogens is 308 g/mol. The Morgan fingerprint density at radius 2 is 1.95 bits per heavy atom. The number of thioether (sulfide) groups is 1. The van der Waals surface area contributed by atoms with Crippen LogP contribution in [0, 0.1) is 0 Å². The van der Waals surface area contributed by atoms with E-state index in [4.69, 9.17) is 0 Å². The van der Waals surface area contributed by atoms with E-state index in [-0.39, 0.29) is 10.8 Å². The van der Waals surface area contributed by atoms with Gasteiger partial charge in [-0.3, -0.25) is 4.79 Å². The van der Waals surface area contributed by atoms with Crippen molar-refractivity contribution in [2.24, 2.45) is 0 Å². The first-order valence-electron chi connectivity index (χ1n) is 6.61. The maximum atomic E-state index is 12.4. The van der Waals surface area contributed by atoms with Gasteiger partial charge in [-0.25, -0.2) is 13.1 Å². The second-order valence-corrected chi connectivity index (χ2v) is 7.92. The number of amides is 1. The smallest absolute Gasteiger partial charge is 0.241 e. The van der Waals surface area contributed by atoms with Crippen LogP contribution in [0.15, 0.2) is 28.0 Å². The molecule has 7 heteroatoms. The summed E-state index contributed by atoms with van der Waals surface area (Å²) in [4.78, 5) is 12.2. The lowest BCUT2D eigenvalue weighted by Gasteiger charge is -2.24. The minimum Gasteiger partial charge on any atom is -0.325 e. The minimum absolute atomic E-state index is 0.144. The minimum atomic E-state index is -3.62. The molecule has 1 rings (SSSR count). The van der Waals surface area contributed by atoms with Gasteiger partial charge >= 0.3 is 0 Å². The highest BCUT2D eigenvalue weighted by molar-refractivity contribution is 7.98. The van der Waals surface area contributed by atoms with Crippen LogP contribution in [0.3, 0.4) is 0 Å². The number of anilines is 1. The molecule has 0 saturated heterocycles. The van der Waals surface area contributed by atoms with Crippen LogP contribution < -0.4 is 10.0 Å². The molecule has 0 aliphatic rings. The largest absolute Gasteiger partial charge is 0.325 e. The first kappa shape index (κ1) is 18.0. The number of carbonyl (C=O) groups is 1. The number of hydrogen-bond donors (Lipinski definition) is 2. The molecule has 0 unspecified atom stereocenters. The lowest BCUT2D eigenvalue weighted by atomic mass is 10.0. The third kappa shape index (κ3) is 5.01. The fourth-order valence-corrected chi connectivity index (χ4v) is 3.68. The second kappa shape index (κ2) is 6.81. The molecule has 0 atom stereocenters. The summed E-state index contributed by atoms with van der Waals surface area (Å²) in [5.41, 5.74) is -0.0160. The zero-order valence-corrected chi connectivity index (χ0v) is 14.6. The lowest BCUT2D eigenvalue weighted by Crippen LogP contribution is -2.42. The van der Waals surface area contributed by atoms with E-state index in [1.807, 2.05) is 27.0 Å². The van der Waals surface area contributed by atoms with Crippen molar-refractivity contribution in [3.05, 3.63) is 18.2 Å². The summed E-state index contributed by atoms with van der Waals surface area (Å²) in [7, 11) is -3.62. The Bertz CT molecular complexity index is 625. The highest BCUT2D eigenvalue weighted by Gasteiger charge is 2.25. The standard InChI is InChI=1S/C14H22N2O3S2/c1-6-14(3,4)16-21(18,19)11-7-8-13(20-5)12(9-11)15-10(2)17/h7-9,16H,6H2,1-5H3,(H,15,17). The van der Waals surface area contributed by atoms with Crippen LogP contribution in [0.25, 0.3) is 0 Å². The average molecular weight is 330 g/mol. The maximum absolute atomic E-state index is 12.4. The van der Waals surface area contributed by atoms with Crippen LogP contribution in [-0.2, 0) is 14.8 Å². The SMILES string of the molecule is CCC(C)(C)NS(=O)(=O)c1ccc(SC)c(NC(C)=O)c1. The Morgan fingerprint density at radius 3 is 2.43 bits per heavy atom. The van der Waals surface area contributed by atoms with Gasteiger partial charge in [0.05, 0.1) is 10.6 Å². The topological polar surface area (TPSA) is 75.3 Å². The number of sulfonamides is 1. The van der Waals surface area contributed by atoms with Gasteiger partial charge in [-0.15, -0.1) is 11.8 Å². The molecule has 0 bridgehead atoms. The van der Waals surface area contributed by atoms with E-state index in [9.17, 15) is 13.2 Å². The molecule has 1 amide bonds. The van der Waals surface area contributed by atoms with E-state index in [0.29, 0.717) is 12.1 Å².